The third-order valence-corrected chi connectivity index (χ3v) is 2.77. The Hall–Kier alpha value is -1.39. The molecule has 0 amide bonds. The largest absolute Gasteiger partial charge is 0.330 e. The smallest absolute Gasteiger partial charge is 0.141 e. The summed E-state index contributed by atoms with van der Waals surface area (Å²) in [5.41, 5.74) is 7.21. The Morgan fingerprint density at radius 3 is 2.81 bits per heavy atom. The van der Waals surface area contributed by atoms with Crippen molar-refractivity contribution < 1.29 is 4.39 Å². The quantitative estimate of drug-likeness (QED) is 0.874. The fourth-order valence-electron chi connectivity index (χ4n) is 1.56. The minimum atomic E-state index is -0.424. The molecule has 2 aromatic rings. The first-order valence-electron chi connectivity index (χ1n) is 4.79. The third-order valence-electron chi connectivity index (χ3n) is 2.48. The van der Waals surface area contributed by atoms with Crippen LogP contribution in [0.5, 0.6) is 0 Å². The average molecular weight is 240 g/mol. The Balaban J connectivity index is 2.50. The SMILES string of the molecule is Cn1c(-c2ccc(F)c(Cl)c2)cnc1CN. The fourth-order valence-corrected chi connectivity index (χ4v) is 1.74. The lowest BCUT2D eigenvalue weighted by Gasteiger charge is -2.05. The van der Waals surface area contributed by atoms with Crippen molar-refractivity contribution in [3.63, 3.8) is 0 Å². The predicted molar refractivity (Wildman–Crippen MR) is 61.5 cm³/mol. The molecule has 0 aliphatic rings. The second kappa shape index (κ2) is 4.23. The van der Waals surface area contributed by atoms with E-state index in [1.807, 2.05) is 11.6 Å². The molecule has 1 aromatic carbocycles. The van der Waals surface area contributed by atoms with Crippen molar-refractivity contribution in [3.8, 4) is 11.3 Å². The molecule has 0 bridgehead atoms. The van der Waals surface area contributed by atoms with Crippen molar-refractivity contribution in [2.24, 2.45) is 12.8 Å². The molecule has 16 heavy (non-hydrogen) atoms. The number of hydrogen-bond acceptors (Lipinski definition) is 2. The molecule has 3 nitrogen and oxygen atoms in total. The highest BCUT2D eigenvalue weighted by atomic mass is 35.5. The van der Waals surface area contributed by atoms with Crippen LogP contribution in [0.25, 0.3) is 11.3 Å². The summed E-state index contributed by atoms with van der Waals surface area (Å²) in [7, 11) is 1.86. The Morgan fingerprint density at radius 1 is 1.50 bits per heavy atom. The highest BCUT2D eigenvalue weighted by molar-refractivity contribution is 6.31. The molecule has 2 N–H and O–H groups in total. The third kappa shape index (κ3) is 1.81. The molecule has 1 heterocycles. The van der Waals surface area contributed by atoms with E-state index in [0.717, 1.165) is 17.1 Å². The number of nitrogens with two attached hydrogens (primary N) is 1. The van der Waals surface area contributed by atoms with Crippen molar-refractivity contribution in [1.29, 1.82) is 0 Å². The van der Waals surface area contributed by atoms with Gasteiger partial charge in [0.25, 0.3) is 0 Å². The van der Waals surface area contributed by atoms with E-state index in [0.29, 0.717) is 6.54 Å². The zero-order valence-corrected chi connectivity index (χ0v) is 9.50. The number of benzene rings is 1. The van der Waals surface area contributed by atoms with Gasteiger partial charge in [0, 0.05) is 12.6 Å². The van der Waals surface area contributed by atoms with Crippen molar-refractivity contribution in [1.82, 2.24) is 9.55 Å². The maximum atomic E-state index is 13.0. The topological polar surface area (TPSA) is 43.8 Å². The lowest BCUT2D eigenvalue weighted by molar-refractivity contribution is 0.628. The van der Waals surface area contributed by atoms with Gasteiger partial charge in [-0.15, -0.1) is 0 Å². The van der Waals surface area contributed by atoms with Gasteiger partial charge in [-0.3, -0.25) is 0 Å². The summed E-state index contributed by atoms with van der Waals surface area (Å²) in [6.45, 7) is 0.366. The Morgan fingerprint density at radius 2 is 2.25 bits per heavy atom. The first-order valence-corrected chi connectivity index (χ1v) is 5.17. The van der Waals surface area contributed by atoms with E-state index in [1.54, 1.807) is 18.3 Å². The van der Waals surface area contributed by atoms with E-state index < -0.39 is 5.82 Å². The minimum absolute atomic E-state index is 0.105. The van der Waals surface area contributed by atoms with Crippen LogP contribution in [0.1, 0.15) is 5.82 Å². The van der Waals surface area contributed by atoms with E-state index in [4.69, 9.17) is 17.3 Å². The monoisotopic (exact) mass is 239 g/mol. The maximum absolute atomic E-state index is 13.0. The molecule has 0 radical (unpaired) electrons. The van der Waals surface area contributed by atoms with Gasteiger partial charge >= 0.3 is 0 Å². The predicted octanol–water partition coefficient (Wildman–Crippen LogP) is 2.34. The summed E-state index contributed by atoms with van der Waals surface area (Å²) in [4.78, 5) is 4.16. The van der Waals surface area contributed by atoms with Crippen molar-refractivity contribution >= 4 is 11.6 Å². The number of imidazole rings is 1. The Kier molecular flexibility index (Phi) is 2.94. The van der Waals surface area contributed by atoms with Crippen LogP contribution in [0, 0.1) is 5.82 Å². The minimum Gasteiger partial charge on any atom is -0.330 e. The average Bonchev–Trinajstić information content (AvgIpc) is 2.64. The van der Waals surface area contributed by atoms with Crippen LogP contribution in [0.2, 0.25) is 5.02 Å². The normalized spacial score (nSPS) is 10.8. The summed E-state index contributed by atoms with van der Waals surface area (Å²) in [6.07, 6.45) is 1.70. The fraction of sp³-hybridized carbons (Fsp3) is 0.182. The summed E-state index contributed by atoms with van der Waals surface area (Å²) in [5.74, 6) is 0.349. The van der Waals surface area contributed by atoms with Crippen molar-refractivity contribution in [2.75, 3.05) is 0 Å². The first kappa shape index (κ1) is 11.1. The van der Waals surface area contributed by atoms with Crippen molar-refractivity contribution in [3.05, 3.63) is 41.1 Å². The molecule has 5 heteroatoms. The molecule has 0 fully saturated rings. The molecule has 0 aliphatic carbocycles. The highest BCUT2D eigenvalue weighted by Crippen LogP contribution is 2.24. The van der Waals surface area contributed by atoms with Crippen LogP contribution in [0.15, 0.2) is 24.4 Å². The number of nitrogens with zero attached hydrogens (tertiary/aromatic N) is 2. The zero-order chi connectivity index (χ0) is 11.7. The van der Waals surface area contributed by atoms with Crippen LogP contribution in [-0.4, -0.2) is 9.55 Å². The van der Waals surface area contributed by atoms with E-state index in [-0.39, 0.29) is 5.02 Å². The highest BCUT2D eigenvalue weighted by Gasteiger charge is 2.09. The molecule has 0 spiro atoms. The molecular formula is C11H11ClFN3. The van der Waals surface area contributed by atoms with Gasteiger partial charge in [-0.05, 0) is 18.2 Å². The summed E-state index contributed by atoms with van der Waals surface area (Å²) >= 11 is 5.73. The molecular weight excluding hydrogens is 229 g/mol. The summed E-state index contributed by atoms with van der Waals surface area (Å²) < 4.78 is 14.9. The lowest BCUT2D eigenvalue weighted by atomic mass is 10.1. The zero-order valence-electron chi connectivity index (χ0n) is 8.74. The Bertz CT molecular complexity index is 522. The standard InChI is InChI=1S/C11H11ClFN3/c1-16-10(6-15-11(16)5-14)7-2-3-9(13)8(12)4-7/h2-4,6H,5,14H2,1H3. The summed E-state index contributed by atoms with van der Waals surface area (Å²) in [5, 5.41) is 0.105. The molecule has 1 aromatic heterocycles. The molecule has 0 aliphatic heterocycles. The second-order valence-electron chi connectivity index (χ2n) is 3.45. The number of rotatable bonds is 2. The molecule has 84 valence electrons. The van der Waals surface area contributed by atoms with Crippen LogP contribution >= 0.6 is 11.6 Å². The van der Waals surface area contributed by atoms with E-state index >= 15 is 0 Å². The molecule has 0 saturated carbocycles. The molecule has 2 rings (SSSR count). The van der Waals surface area contributed by atoms with Crippen LogP contribution in [-0.2, 0) is 13.6 Å². The lowest BCUT2D eigenvalue weighted by Crippen LogP contribution is -2.05. The van der Waals surface area contributed by atoms with Gasteiger partial charge in [0.15, 0.2) is 0 Å². The van der Waals surface area contributed by atoms with Gasteiger partial charge in [0.05, 0.1) is 23.5 Å². The first-order chi connectivity index (χ1) is 7.63. The van der Waals surface area contributed by atoms with E-state index in [9.17, 15) is 4.39 Å². The van der Waals surface area contributed by atoms with Gasteiger partial charge in [0.1, 0.15) is 11.6 Å². The van der Waals surface area contributed by atoms with Crippen molar-refractivity contribution in [2.45, 2.75) is 6.54 Å². The van der Waals surface area contributed by atoms with Crippen LogP contribution in [0.3, 0.4) is 0 Å². The summed E-state index contributed by atoms with van der Waals surface area (Å²) in [6, 6.07) is 4.58. The van der Waals surface area contributed by atoms with E-state index in [1.165, 1.54) is 6.07 Å². The number of halogens is 2. The number of hydrogen-bond donors (Lipinski definition) is 1. The van der Waals surface area contributed by atoms with Gasteiger partial charge in [-0.1, -0.05) is 11.6 Å². The van der Waals surface area contributed by atoms with Crippen LogP contribution in [0.4, 0.5) is 4.39 Å². The second-order valence-corrected chi connectivity index (χ2v) is 3.86. The molecule has 0 unspecified atom stereocenters. The number of aromatic nitrogens is 2. The van der Waals surface area contributed by atoms with Gasteiger partial charge in [-0.2, -0.15) is 0 Å². The van der Waals surface area contributed by atoms with Gasteiger partial charge in [0.2, 0.25) is 0 Å². The van der Waals surface area contributed by atoms with E-state index in [2.05, 4.69) is 4.98 Å². The van der Waals surface area contributed by atoms with Gasteiger partial charge < -0.3 is 10.3 Å². The Labute approximate surface area is 97.7 Å². The van der Waals surface area contributed by atoms with Gasteiger partial charge in [-0.25, -0.2) is 9.37 Å². The maximum Gasteiger partial charge on any atom is 0.141 e. The van der Waals surface area contributed by atoms with Crippen LogP contribution < -0.4 is 5.73 Å². The molecule has 0 atom stereocenters. The molecule has 0 saturated heterocycles.